The minimum atomic E-state index is -0.400. The average molecular weight is 213 g/mol. The van der Waals surface area contributed by atoms with Crippen molar-refractivity contribution >= 4 is 0 Å². The summed E-state index contributed by atoms with van der Waals surface area (Å²) >= 11 is 0. The zero-order valence-corrected chi connectivity index (χ0v) is 9.71. The smallest absolute Gasteiger partial charge is 0.0644 e. The maximum absolute atomic E-state index is 9.31. The van der Waals surface area contributed by atoms with Gasteiger partial charge in [0.15, 0.2) is 0 Å². The summed E-state index contributed by atoms with van der Waals surface area (Å²) in [4.78, 5) is 2.25. The Morgan fingerprint density at radius 3 is 2.07 bits per heavy atom. The molecule has 0 aromatic carbocycles. The number of rotatable bonds is 3. The fourth-order valence-electron chi connectivity index (χ4n) is 3.01. The van der Waals surface area contributed by atoms with Crippen LogP contribution in [-0.2, 0) is 0 Å². The molecule has 1 heterocycles. The lowest BCUT2D eigenvalue weighted by atomic mass is 9.67. The zero-order valence-electron chi connectivity index (χ0n) is 9.71. The SMILES string of the molecule is CC(CO)(CO)N1CC2(CCCCC2)C1. The first-order chi connectivity index (χ1) is 7.14. The van der Waals surface area contributed by atoms with Crippen molar-refractivity contribution in [1.82, 2.24) is 4.90 Å². The first-order valence-electron chi connectivity index (χ1n) is 6.11. The second-order valence-electron chi connectivity index (χ2n) is 5.73. The number of aliphatic hydroxyl groups is 2. The molecule has 0 bridgehead atoms. The summed E-state index contributed by atoms with van der Waals surface area (Å²) in [5, 5.41) is 18.6. The van der Waals surface area contributed by atoms with E-state index in [1.807, 2.05) is 6.92 Å². The van der Waals surface area contributed by atoms with E-state index in [2.05, 4.69) is 4.90 Å². The van der Waals surface area contributed by atoms with Gasteiger partial charge in [0.05, 0.1) is 18.8 Å². The fourth-order valence-corrected chi connectivity index (χ4v) is 3.01. The van der Waals surface area contributed by atoms with Gasteiger partial charge in [0.2, 0.25) is 0 Å². The molecule has 1 saturated carbocycles. The molecule has 3 nitrogen and oxygen atoms in total. The largest absolute Gasteiger partial charge is 0.394 e. The van der Waals surface area contributed by atoms with Crippen LogP contribution in [0.25, 0.3) is 0 Å². The van der Waals surface area contributed by atoms with Gasteiger partial charge in [-0.3, -0.25) is 4.90 Å². The third kappa shape index (κ3) is 1.93. The van der Waals surface area contributed by atoms with E-state index in [4.69, 9.17) is 0 Å². The molecule has 0 amide bonds. The normalized spacial score (nSPS) is 26.6. The van der Waals surface area contributed by atoms with Crippen LogP contribution in [0.2, 0.25) is 0 Å². The first-order valence-corrected chi connectivity index (χ1v) is 6.11. The second kappa shape index (κ2) is 4.04. The standard InChI is InChI=1S/C12H23NO2/c1-11(9-14,10-15)13-7-12(8-13)5-3-2-4-6-12/h14-15H,2-10H2,1H3. The molecule has 0 unspecified atom stereocenters. The van der Waals surface area contributed by atoms with E-state index in [-0.39, 0.29) is 13.2 Å². The molecule has 0 atom stereocenters. The topological polar surface area (TPSA) is 43.7 Å². The molecular formula is C12H23NO2. The molecule has 0 aromatic heterocycles. The van der Waals surface area contributed by atoms with Crippen LogP contribution >= 0.6 is 0 Å². The Hall–Kier alpha value is -0.120. The van der Waals surface area contributed by atoms with Gasteiger partial charge in [-0.1, -0.05) is 19.3 Å². The molecule has 1 saturated heterocycles. The third-order valence-corrected chi connectivity index (χ3v) is 4.41. The molecule has 2 rings (SSSR count). The van der Waals surface area contributed by atoms with Crippen molar-refractivity contribution in [2.45, 2.75) is 44.6 Å². The fraction of sp³-hybridized carbons (Fsp3) is 1.00. The summed E-state index contributed by atoms with van der Waals surface area (Å²) in [6.45, 7) is 4.21. The molecule has 0 aromatic rings. The lowest BCUT2D eigenvalue weighted by Crippen LogP contribution is -2.67. The van der Waals surface area contributed by atoms with Gasteiger partial charge in [-0.25, -0.2) is 0 Å². The Bertz CT molecular complexity index is 212. The Kier molecular flexibility index (Phi) is 3.06. The summed E-state index contributed by atoms with van der Waals surface area (Å²) < 4.78 is 0. The zero-order chi connectivity index (χ0) is 10.9. The Morgan fingerprint density at radius 2 is 1.60 bits per heavy atom. The van der Waals surface area contributed by atoms with E-state index < -0.39 is 5.54 Å². The van der Waals surface area contributed by atoms with Crippen molar-refractivity contribution in [3.05, 3.63) is 0 Å². The van der Waals surface area contributed by atoms with Crippen molar-refractivity contribution < 1.29 is 10.2 Å². The van der Waals surface area contributed by atoms with E-state index in [1.54, 1.807) is 0 Å². The number of hydrogen-bond acceptors (Lipinski definition) is 3. The number of nitrogens with zero attached hydrogens (tertiary/aromatic N) is 1. The summed E-state index contributed by atoms with van der Waals surface area (Å²) in [5.41, 5.74) is 0.131. The van der Waals surface area contributed by atoms with Gasteiger partial charge in [-0.05, 0) is 25.2 Å². The maximum atomic E-state index is 9.31. The van der Waals surface area contributed by atoms with Gasteiger partial charge in [-0.2, -0.15) is 0 Å². The quantitative estimate of drug-likeness (QED) is 0.735. The van der Waals surface area contributed by atoms with E-state index in [0.29, 0.717) is 5.41 Å². The van der Waals surface area contributed by atoms with Crippen molar-refractivity contribution in [1.29, 1.82) is 0 Å². The highest BCUT2D eigenvalue weighted by molar-refractivity contribution is 5.02. The summed E-state index contributed by atoms with van der Waals surface area (Å²) in [5.74, 6) is 0. The average Bonchev–Trinajstić information content (AvgIpc) is 2.26. The third-order valence-electron chi connectivity index (χ3n) is 4.41. The number of aliphatic hydroxyl groups excluding tert-OH is 2. The van der Waals surface area contributed by atoms with Gasteiger partial charge in [0.1, 0.15) is 0 Å². The summed E-state index contributed by atoms with van der Waals surface area (Å²) in [6, 6.07) is 0. The van der Waals surface area contributed by atoms with Gasteiger partial charge >= 0.3 is 0 Å². The van der Waals surface area contributed by atoms with Crippen molar-refractivity contribution in [3.63, 3.8) is 0 Å². The molecule has 88 valence electrons. The van der Waals surface area contributed by atoms with Gasteiger partial charge in [0.25, 0.3) is 0 Å². The lowest BCUT2D eigenvalue weighted by Gasteiger charge is -2.58. The van der Waals surface area contributed by atoms with Crippen LogP contribution < -0.4 is 0 Å². The van der Waals surface area contributed by atoms with Crippen LogP contribution in [0.3, 0.4) is 0 Å². The number of likely N-dealkylation sites (tertiary alicyclic amines) is 1. The van der Waals surface area contributed by atoms with Crippen molar-refractivity contribution in [2.24, 2.45) is 5.41 Å². The number of hydrogen-bond donors (Lipinski definition) is 2. The van der Waals surface area contributed by atoms with Gasteiger partial charge < -0.3 is 10.2 Å². The predicted molar refractivity (Wildman–Crippen MR) is 59.7 cm³/mol. The van der Waals surface area contributed by atoms with E-state index in [9.17, 15) is 10.2 Å². The Morgan fingerprint density at radius 1 is 1.07 bits per heavy atom. The Balaban J connectivity index is 1.91. The van der Waals surface area contributed by atoms with E-state index in [0.717, 1.165) is 13.1 Å². The minimum absolute atomic E-state index is 0.0551. The molecule has 2 N–H and O–H groups in total. The van der Waals surface area contributed by atoms with Gasteiger partial charge in [0, 0.05) is 13.1 Å². The molecular weight excluding hydrogens is 190 g/mol. The van der Waals surface area contributed by atoms with Crippen LogP contribution in [0.4, 0.5) is 0 Å². The van der Waals surface area contributed by atoms with E-state index >= 15 is 0 Å². The molecule has 15 heavy (non-hydrogen) atoms. The molecule has 1 aliphatic carbocycles. The van der Waals surface area contributed by atoms with Crippen LogP contribution in [0.15, 0.2) is 0 Å². The molecule has 1 spiro atoms. The van der Waals surface area contributed by atoms with Crippen LogP contribution in [0, 0.1) is 5.41 Å². The van der Waals surface area contributed by atoms with Crippen LogP contribution in [0.5, 0.6) is 0 Å². The van der Waals surface area contributed by atoms with Crippen LogP contribution in [0.1, 0.15) is 39.0 Å². The lowest BCUT2D eigenvalue weighted by molar-refractivity contribution is -0.121. The molecule has 2 fully saturated rings. The second-order valence-corrected chi connectivity index (χ2v) is 5.73. The summed E-state index contributed by atoms with van der Waals surface area (Å²) in [7, 11) is 0. The van der Waals surface area contributed by atoms with E-state index in [1.165, 1.54) is 32.1 Å². The minimum Gasteiger partial charge on any atom is -0.394 e. The molecule has 2 aliphatic rings. The first kappa shape index (κ1) is 11.4. The highest BCUT2D eigenvalue weighted by atomic mass is 16.3. The summed E-state index contributed by atoms with van der Waals surface area (Å²) in [6.07, 6.45) is 6.80. The highest BCUT2D eigenvalue weighted by Crippen LogP contribution is 2.46. The predicted octanol–water partition coefficient (Wildman–Crippen LogP) is 0.996. The maximum Gasteiger partial charge on any atom is 0.0644 e. The van der Waals surface area contributed by atoms with Crippen molar-refractivity contribution in [2.75, 3.05) is 26.3 Å². The van der Waals surface area contributed by atoms with Crippen LogP contribution in [-0.4, -0.2) is 47.0 Å². The Labute approximate surface area is 92.1 Å². The molecule has 0 radical (unpaired) electrons. The van der Waals surface area contributed by atoms with Gasteiger partial charge in [-0.15, -0.1) is 0 Å². The van der Waals surface area contributed by atoms with Crippen molar-refractivity contribution in [3.8, 4) is 0 Å². The molecule has 1 aliphatic heterocycles. The highest BCUT2D eigenvalue weighted by Gasteiger charge is 2.49. The monoisotopic (exact) mass is 213 g/mol. The molecule has 3 heteroatoms.